The van der Waals surface area contributed by atoms with Crippen LogP contribution >= 0.6 is 0 Å². The lowest BCUT2D eigenvalue weighted by Crippen LogP contribution is -2.30. The van der Waals surface area contributed by atoms with Crippen molar-refractivity contribution in [2.24, 2.45) is 0 Å². The highest BCUT2D eigenvalue weighted by atomic mass is 16.4. The van der Waals surface area contributed by atoms with E-state index in [9.17, 15) is 9.59 Å². The summed E-state index contributed by atoms with van der Waals surface area (Å²) in [6, 6.07) is 8.34. The monoisotopic (exact) mass is 262 g/mol. The molecule has 102 valence electrons. The van der Waals surface area contributed by atoms with Crippen LogP contribution in [0.15, 0.2) is 24.3 Å². The molecule has 0 saturated carbocycles. The van der Waals surface area contributed by atoms with Crippen LogP contribution in [0.25, 0.3) is 0 Å². The molecule has 1 aliphatic heterocycles. The molecule has 0 aromatic heterocycles. The van der Waals surface area contributed by atoms with E-state index in [2.05, 4.69) is 28.4 Å². The molecule has 2 rings (SSSR count). The lowest BCUT2D eigenvalue weighted by molar-refractivity contribution is -0.140. The number of carbonyl (C=O) groups is 2. The number of rotatable bonds is 6. The summed E-state index contributed by atoms with van der Waals surface area (Å²) >= 11 is 0. The van der Waals surface area contributed by atoms with Crippen molar-refractivity contribution in [2.75, 3.05) is 24.5 Å². The van der Waals surface area contributed by atoms with E-state index in [1.54, 1.807) is 0 Å². The zero-order valence-corrected chi connectivity index (χ0v) is 10.8. The minimum atomic E-state index is -1.09. The third-order valence-electron chi connectivity index (χ3n) is 3.22. The van der Waals surface area contributed by atoms with Crippen molar-refractivity contribution >= 4 is 17.6 Å². The highest BCUT2D eigenvalue weighted by Crippen LogP contribution is 2.27. The Balaban J connectivity index is 1.70. The fourth-order valence-electron chi connectivity index (χ4n) is 2.34. The molecule has 5 nitrogen and oxygen atoms in total. The predicted octanol–water partition coefficient (Wildman–Crippen LogP) is 1.03. The van der Waals surface area contributed by atoms with Crippen molar-refractivity contribution in [3.63, 3.8) is 0 Å². The van der Waals surface area contributed by atoms with Gasteiger partial charge in [0.1, 0.15) is 6.42 Å². The lowest BCUT2D eigenvalue weighted by atomic mass is 10.2. The van der Waals surface area contributed by atoms with E-state index in [1.165, 1.54) is 11.3 Å². The average Bonchev–Trinajstić information content (AvgIpc) is 2.77. The number of hydrogen-bond donors (Lipinski definition) is 2. The van der Waals surface area contributed by atoms with Gasteiger partial charge in [0.25, 0.3) is 0 Å². The van der Waals surface area contributed by atoms with Crippen molar-refractivity contribution in [1.82, 2.24) is 5.32 Å². The molecule has 0 aliphatic carbocycles. The van der Waals surface area contributed by atoms with Gasteiger partial charge in [-0.15, -0.1) is 0 Å². The van der Waals surface area contributed by atoms with E-state index in [4.69, 9.17) is 5.11 Å². The van der Waals surface area contributed by atoms with Crippen LogP contribution in [0.5, 0.6) is 0 Å². The molecule has 19 heavy (non-hydrogen) atoms. The van der Waals surface area contributed by atoms with Crippen LogP contribution in [0.4, 0.5) is 5.69 Å². The molecular formula is C14H18N2O3. The maximum absolute atomic E-state index is 11.1. The van der Waals surface area contributed by atoms with Crippen molar-refractivity contribution in [3.05, 3.63) is 29.8 Å². The minimum absolute atomic E-state index is 0.422. The molecule has 1 aliphatic rings. The summed E-state index contributed by atoms with van der Waals surface area (Å²) in [5.41, 5.74) is 2.65. The van der Waals surface area contributed by atoms with Crippen molar-refractivity contribution < 1.29 is 14.7 Å². The average molecular weight is 262 g/mol. The number of hydrogen-bond acceptors (Lipinski definition) is 3. The van der Waals surface area contributed by atoms with Gasteiger partial charge < -0.3 is 15.3 Å². The molecule has 0 bridgehead atoms. The largest absolute Gasteiger partial charge is 0.481 e. The predicted molar refractivity (Wildman–Crippen MR) is 72.2 cm³/mol. The topological polar surface area (TPSA) is 69.6 Å². The zero-order chi connectivity index (χ0) is 13.7. The first-order valence-corrected chi connectivity index (χ1v) is 6.48. The molecule has 0 saturated heterocycles. The molecule has 0 atom stereocenters. The van der Waals surface area contributed by atoms with Crippen molar-refractivity contribution in [2.45, 2.75) is 19.3 Å². The lowest BCUT2D eigenvalue weighted by Gasteiger charge is -2.19. The Morgan fingerprint density at radius 1 is 1.32 bits per heavy atom. The summed E-state index contributed by atoms with van der Waals surface area (Å²) in [5.74, 6) is -1.51. The van der Waals surface area contributed by atoms with E-state index in [0.717, 1.165) is 25.9 Å². The minimum Gasteiger partial charge on any atom is -0.481 e. The second-order valence-corrected chi connectivity index (χ2v) is 4.64. The molecule has 0 radical (unpaired) electrons. The first-order valence-electron chi connectivity index (χ1n) is 6.48. The van der Waals surface area contributed by atoms with Gasteiger partial charge in [-0.3, -0.25) is 9.59 Å². The Kier molecular flexibility index (Phi) is 4.39. The Morgan fingerprint density at radius 3 is 2.89 bits per heavy atom. The van der Waals surface area contributed by atoms with E-state index in [1.807, 2.05) is 6.07 Å². The molecule has 1 aromatic rings. The van der Waals surface area contributed by atoms with Crippen LogP contribution < -0.4 is 10.2 Å². The molecular weight excluding hydrogens is 244 g/mol. The summed E-state index contributed by atoms with van der Waals surface area (Å²) in [6.45, 7) is 2.41. The van der Waals surface area contributed by atoms with Crippen molar-refractivity contribution in [3.8, 4) is 0 Å². The third-order valence-corrected chi connectivity index (χ3v) is 3.22. The molecule has 0 fully saturated rings. The van der Waals surface area contributed by atoms with Gasteiger partial charge in [0, 0.05) is 25.3 Å². The smallest absolute Gasteiger partial charge is 0.312 e. The molecule has 0 spiro atoms. The molecule has 0 unspecified atom stereocenters. The zero-order valence-electron chi connectivity index (χ0n) is 10.8. The van der Waals surface area contributed by atoms with Gasteiger partial charge in [-0.25, -0.2) is 0 Å². The molecule has 2 N–H and O–H groups in total. The quantitative estimate of drug-likeness (QED) is 0.593. The van der Waals surface area contributed by atoms with Crippen LogP contribution in [0.1, 0.15) is 18.4 Å². The van der Waals surface area contributed by atoms with Crippen LogP contribution in [0.2, 0.25) is 0 Å². The second kappa shape index (κ2) is 6.22. The van der Waals surface area contributed by atoms with Crippen LogP contribution in [-0.4, -0.2) is 36.6 Å². The maximum atomic E-state index is 11.1. The van der Waals surface area contributed by atoms with E-state index < -0.39 is 18.3 Å². The normalized spacial score (nSPS) is 13.2. The first kappa shape index (κ1) is 13.4. The first-order chi connectivity index (χ1) is 9.16. The van der Waals surface area contributed by atoms with E-state index in [0.29, 0.717) is 6.54 Å². The number of fused-ring (bicyclic) bond motifs is 1. The Morgan fingerprint density at radius 2 is 2.11 bits per heavy atom. The van der Waals surface area contributed by atoms with Crippen LogP contribution in [0, 0.1) is 0 Å². The number of anilines is 1. The summed E-state index contributed by atoms with van der Waals surface area (Å²) in [6.07, 6.45) is 1.44. The fourth-order valence-corrected chi connectivity index (χ4v) is 2.34. The summed E-state index contributed by atoms with van der Waals surface area (Å²) in [7, 11) is 0. The number of nitrogens with zero attached hydrogens (tertiary/aromatic N) is 1. The fraction of sp³-hybridized carbons (Fsp3) is 0.429. The summed E-state index contributed by atoms with van der Waals surface area (Å²) in [5, 5.41) is 11.1. The van der Waals surface area contributed by atoms with Crippen LogP contribution in [0.3, 0.4) is 0 Å². The van der Waals surface area contributed by atoms with Gasteiger partial charge in [-0.05, 0) is 24.5 Å². The third kappa shape index (κ3) is 3.71. The molecule has 1 aromatic carbocycles. The number of aliphatic carboxylic acids is 1. The van der Waals surface area contributed by atoms with Crippen molar-refractivity contribution in [1.29, 1.82) is 0 Å². The maximum Gasteiger partial charge on any atom is 0.312 e. The molecule has 1 amide bonds. The van der Waals surface area contributed by atoms with E-state index in [-0.39, 0.29) is 0 Å². The number of nitrogens with one attached hydrogen (secondary N) is 1. The Bertz CT molecular complexity index is 474. The Hall–Kier alpha value is -2.04. The van der Waals surface area contributed by atoms with Crippen LogP contribution in [-0.2, 0) is 16.0 Å². The molecule has 5 heteroatoms. The van der Waals surface area contributed by atoms with Gasteiger partial charge in [0.05, 0.1) is 0 Å². The standard InChI is InChI=1S/C14H18N2O3/c17-13(10-14(18)19)15-7-3-8-16-9-6-11-4-1-2-5-12(11)16/h1-2,4-5H,3,6-10H2,(H,15,17)(H,18,19). The number of carboxylic acid groups (broad SMARTS) is 1. The highest BCUT2D eigenvalue weighted by molar-refractivity contribution is 5.93. The summed E-state index contributed by atoms with van der Waals surface area (Å²) < 4.78 is 0. The van der Waals surface area contributed by atoms with Gasteiger partial charge in [-0.1, -0.05) is 18.2 Å². The SMILES string of the molecule is O=C(O)CC(=O)NCCCN1CCc2ccccc21. The Labute approximate surface area is 112 Å². The highest BCUT2D eigenvalue weighted by Gasteiger charge is 2.17. The van der Waals surface area contributed by atoms with Gasteiger partial charge in [0.2, 0.25) is 5.91 Å². The molecule has 1 heterocycles. The second-order valence-electron chi connectivity index (χ2n) is 4.64. The number of carboxylic acids is 1. The van der Waals surface area contributed by atoms with Gasteiger partial charge in [-0.2, -0.15) is 0 Å². The number of benzene rings is 1. The number of para-hydroxylation sites is 1. The number of amides is 1. The number of carbonyl (C=O) groups excluding carboxylic acids is 1. The van der Waals surface area contributed by atoms with Gasteiger partial charge >= 0.3 is 5.97 Å². The van der Waals surface area contributed by atoms with Gasteiger partial charge in [0.15, 0.2) is 0 Å². The van der Waals surface area contributed by atoms with E-state index >= 15 is 0 Å². The summed E-state index contributed by atoms with van der Waals surface area (Å²) in [4.78, 5) is 23.8.